The standard InChI is InChI=1S/C9H8N6/c10-9-12-8-3-2-7(6-15(8)13-9)14-5-1-4-11-14/h1-6H,(H2,10,13). The first-order valence-electron chi connectivity index (χ1n) is 4.45. The number of nitrogens with zero attached hydrogens (tertiary/aromatic N) is 5. The Morgan fingerprint density at radius 1 is 1.27 bits per heavy atom. The van der Waals surface area contributed by atoms with Crippen molar-refractivity contribution >= 4 is 11.6 Å². The molecule has 3 aromatic heterocycles. The number of rotatable bonds is 1. The van der Waals surface area contributed by atoms with E-state index in [0.717, 1.165) is 11.3 Å². The lowest BCUT2D eigenvalue weighted by molar-refractivity contribution is 0.854. The molecule has 0 unspecified atom stereocenters. The first-order chi connectivity index (χ1) is 7.33. The number of nitrogens with two attached hydrogens (primary N) is 1. The van der Waals surface area contributed by atoms with E-state index in [4.69, 9.17) is 5.73 Å². The van der Waals surface area contributed by atoms with Gasteiger partial charge in [0.05, 0.1) is 11.9 Å². The largest absolute Gasteiger partial charge is 0.366 e. The van der Waals surface area contributed by atoms with Crippen molar-refractivity contribution in [2.45, 2.75) is 0 Å². The number of anilines is 1. The second kappa shape index (κ2) is 2.81. The fourth-order valence-electron chi connectivity index (χ4n) is 1.45. The van der Waals surface area contributed by atoms with Crippen molar-refractivity contribution in [1.29, 1.82) is 0 Å². The van der Waals surface area contributed by atoms with Crippen molar-refractivity contribution < 1.29 is 0 Å². The summed E-state index contributed by atoms with van der Waals surface area (Å²) < 4.78 is 3.38. The summed E-state index contributed by atoms with van der Waals surface area (Å²) in [5.41, 5.74) is 7.13. The second-order valence-corrected chi connectivity index (χ2v) is 3.11. The molecular formula is C9H8N6. The highest BCUT2D eigenvalue weighted by Crippen LogP contribution is 2.08. The average molecular weight is 200 g/mol. The topological polar surface area (TPSA) is 74.0 Å². The number of hydrogen-bond acceptors (Lipinski definition) is 4. The quantitative estimate of drug-likeness (QED) is 0.620. The number of fused-ring (bicyclic) bond motifs is 1. The Labute approximate surface area is 85.0 Å². The summed E-state index contributed by atoms with van der Waals surface area (Å²) in [6.07, 6.45) is 5.41. The lowest BCUT2D eigenvalue weighted by Gasteiger charge is -2.00. The molecule has 0 aliphatic carbocycles. The smallest absolute Gasteiger partial charge is 0.240 e. The molecular weight excluding hydrogens is 192 g/mol. The van der Waals surface area contributed by atoms with Crippen molar-refractivity contribution in [1.82, 2.24) is 24.4 Å². The fraction of sp³-hybridized carbons (Fsp3) is 0. The molecule has 0 spiro atoms. The molecule has 0 bridgehead atoms. The molecule has 3 rings (SSSR count). The Morgan fingerprint density at radius 2 is 2.20 bits per heavy atom. The Kier molecular flexibility index (Phi) is 1.49. The maximum Gasteiger partial charge on any atom is 0.240 e. The maximum absolute atomic E-state index is 5.49. The Balaban J connectivity index is 2.21. The van der Waals surface area contributed by atoms with Gasteiger partial charge < -0.3 is 5.73 Å². The zero-order valence-electron chi connectivity index (χ0n) is 7.78. The summed E-state index contributed by atoms with van der Waals surface area (Å²) in [5.74, 6) is 0.271. The fourth-order valence-corrected chi connectivity index (χ4v) is 1.45. The van der Waals surface area contributed by atoms with Crippen LogP contribution in [0.2, 0.25) is 0 Å². The molecule has 3 heterocycles. The van der Waals surface area contributed by atoms with Crippen molar-refractivity contribution in [3.8, 4) is 5.69 Å². The molecule has 0 atom stereocenters. The van der Waals surface area contributed by atoms with Crippen LogP contribution in [0, 0.1) is 0 Å². The van der Waals surface area contributed by atoms with Crippen LogP contribution in [0.4, 0.5) is 5.95 Å². The van der Waals surface area contributed by atoms with Gasteiger partial charge in [-0.25, -0.2) is 9.20 Å². The van der Waals surface area contributed by atoms with Crippen LogP contribution in [0.15, 0.2) is 36.8 Å². The molecule has 3 aromatic rings. The van der Waals surface area contributed by atoms with Crippen LogP contribution in [0.3, 0.4) is 0 Å². The SMILES string of the molecule is Nc1nc2ccc(-n3cccn3)cn2n1. The maximum atomic E-state index is 5.49. The van der Waals surface area contributed by atoms with Crippen LogP contribution in [0.25, 0.3) is 11.3 Å². The van der Waals surface area contributed by atoms with E-state index < -0.39 is 0 Å². The summed E-state index contributed by atoms with van der Waals surface area (Å²) in [4.78, 5) is 4.04. The number of hydrogen-bond donors (Lipinski definition) is 1. The molecule has 74 valence electrons. The van der Waals surface area contributed by atoms with Crippen molar-refractivity contribution in [3.63, 3.8) is 0 Å². The minimum Gasteiger partial charge on any atom is -0.366 e. The third-order valence-electron chi connectivity index (χ3n) is 2.10. The van der Waals surface area contributed by atoms with Crippen LogP contribution in [-0.2, 0) is 0 Å². The minimum absolute atomic E-state index is 0.271. The average Bonchev–Trinajstić information content (AvgIpc) is 2.82. The highest BCUT2D eigenvalue weighted by molar-refractivity contribution is 5.45. The molecule has 0 amide bonds. The predicted octanol–water partition coefficient (Wildman–Crippen LogP) is 0.497. The summed E-state index contributed by atoms with van der Waals surface area (Å²) in [6.45, 7) is 0. The Hall–Kier alpha value is -2.37. The molecule has 0 radical (unpaired) electrons. The summed E-state index contributed by atoms with van der Waals surface area (Å²) in [5, 5.41) is 8.15. The first kappa shape index (κ1) is 7.98. The van der Waals surface area contributed by atoms with E-state index in [-0.39, 0.29) is 5.95 Å². The van der Waals surface area contributed by atoms with Gasteiger partial charge >= 0.3 is 0 Å². The zero-order valence-corrected chi connectivity index (χ0v) is 7.78. The van der Waals surface area contributed by atoms with E-state index in [0.29, 0.717) is 0 Å². The third kappa shape index (κ3) is 1.23. The van der Waals surface area contributed by atoms with E-state index in [1.807, 2.05) is 30.6 Å². The van der Waals surface area contributed by atoms with Gasteiger partial charge in [-0.1, -0.05) is 0 Å². The van der Waals surface area contributed by atoms with E-state index in [1.54, 1.807) is 15.4 Å². The van der Waals surface area contributed by atoms with Gasteiger partial charge in [0, 0.05) is 12.4 Å². The Bertz CT molecular complexity index is 594. The van der Waals surface area contributed by atoms with Gasteiger partial charge in [0.2, 0.25) is 5.95 Å². The van der Waals surface area contributed by atoms with E-state index in [9.17, 15) is 0 Å². The first-order valence-corrected chi connectivity index (χ1v) is 4.45. The van der Waals surface area contributed by atoms with Crippen LogP contribution in [0.1, 0.15) is 0 Å². The van der Waals surface area contributed by atoms with Crippen LogP contribution in [0.5, 0.6) is 0 Å². The minimum atomic E-state index is 0.271. The molecule has 6 heteroatoms. The molecule has 0 saturated heterocycles. The highest BCUT2D eigenvalue weighted by atomic mass is 15.3. The normalized spacial score (nSPS) is 10.9. The van der Waals surface area contributed by atoms with E-state index in [1.165, 1.54) is 0 Å². The lowest BCUT2D eigenvalue weighted by atomic mass is 10.4. The molecule has 0 aliphatic heterocycles. The molecule has 15 heavy (non-hydrogen) atoms. The van der Waals surface area contributed by atoms with E-state index >= 15 is 0 Å². The van der Waals surface area contributed by atoms with Gasteiger partial charge in [-0.2, -0.15) is 10.1 Å². The molecule has 0 aliphatic rings. The summed E-state index contributed by atoms with van der Waals surface area (Å²) in [6, 6.07) is 5.62. The number of nitrogen functional groups attached to an aromatic ring is 1. The van der Waals surface area contributed by atoms with Gasteiger partial charge in [0.25, 0.3) is 0 Å². The monoisotopic (exact) mass is 200 g/mol. The summed E-state index contributed by atoms with van der Waals surface area (Å²) in [7, 11) is 0. The van der Waals surface area contributed by atoms with Crippen molar-refractivity contribution in [2.75, 3.05) is 5.73 Å². The molecule has 2 N–H and O–H groups in total. The zero-order chi connectivity index (χ0) is 10.3. The van der Waals surface area contributed by atoms with Gasteiger partial charge in [0.1, 0.15) is 0 Å². The summed E-state index contributed by atoms with van der Waals surface area (Å²) >= 11 is 0. The second-order valence-electron chi connectivity index (χ2n) is 3.11. The predicted molar refractivity (Wildman–Crippen MR) is 54.5 cm³/mol. The van der Waals surface area contributed by atoms with Gasteiger partial charge in [-0.3, -0.25) is 0 Å². The highest BCUT2D eigenvalue weighted by Gasteiger charge is 2.01. The van der Waals surface area contributed by atoms with Gasteiger partial charge in [-0.05, 0) is 18.2 Å². The van der Waals surface area contributed by atoms with Crippen LogP contribution < -0.4 is 5.73 Å². The van der Waals surface area contributed by atoms with Gasteiger partial charge in [0.15, 0.2) is 5.65 Å². The molecule has 6 nitrogen and oxygen atoms in total. The Morgan fingerprint density at radius 3 is 3.00 bits per heavy atom. The third-order valence-corrected chi connectivity index (χ3v) is 2.10. The molecule has 0 fully saturated rings. The van der Waals surface area contributed by atoms with E-state index in [2.05, 4.69) is 15.2 Å². The van der Waals surface area contributed by atoms with Crippen LogP contribution >= 0.6 is 0 Å². The lowest BCUT2D eigenvalue weighted by Crippen LogP contribution is -1.97. The number of pyridine rings is 1. The molecule has 0 aromatic carbocycles. The van der Waals surface area contributed by atoms with Crippen molar-refractivity contribution in [3.05, 3.63) is 36.8 Å². The molecule has 0 saturated carbocycles. The number of aromatic nitrogens is 5. The van der Waals surface area contributed by atoms with Gasteiger partial charge in [-0.15, -0.1) is 5.10 Å². The van der Waals surface area contributed by atoms with Crippen LogP contribution in [-0.4, -0.2) is 24.4 Å². The van der Waals surface area contributed by atoms with Crippen molar-refractivity contribution in [2.24, 2.45) is 0 Å².